The number of ether oxygens (including phenoxy) is 1. The third-order valence-electron chi connectivity index (χ3n) is 5.03. The predicted molar refractivity (Wildman–Crippen MR) is 75.7 cm³/mol. The minimum absolute atomic E-state index is 0.0282. The van der Waals surface area contributed by atoms with Gasteiger partial charge in [-0.05, 0) is 38.5 Å². The molecular weight excluding hydrogens is 240 g/mol. The molecule has 3 unspecified atom stereocenters. The number of hydrogen-bond acceptors (Lipinski definition) is 3. The molecule has 0 aromatic carbocycles. The van der Waals surface area contributed by atoms with Gasteiger partial charge in [-0.2, -0.15) is 0 Å². The Morgan fingerprint density at radius 1 is 1.32 bits per heavy atom. The van der Waals surface area contributed by atoms with E-state index < -0.39 is 0 Å². The number of nitrogens with one attached hydrogen (secondary N) is 1. The maximum absolute atomic E-state index is 12.3. The largest absolute Gasteiger partial charge is 0.375 e. The van der Waals surface area contributed by atoms with E-state index in [0.29, 0.717) is 0 Å². The zero-order valence-electron chi connectivity index (χ0n) is 12.3. The van der Waals surface area contributed by atoms with Gasteiger partial charge in [-0.25, -0.2) is 0 Å². The van der Waals surface area contributed by atoms with Gasteiger partial charge >= 0.3 is 0 Å². The van der Waals surface area contributed by atoms with Crippen molar-refractivity contribution in [1.29, 1.82) is 0 Å². The van der Waals surface area contributed by atoms with Crippen molar-refractivity contribution in [3.05, 3.63) is 0 Å². The van der Waals surface area contributed by atoms with Crippen LogP contribution in [0.4, 0.5) is 0 Å². The van der Waals surface area contributed by atoms with Crippen LogP contribution in [0.3, 0.4) is 0 Å². The molecule has 2 rings (SSSR count). The molecule has 1 saturated carbocycles. The van der Waals surface area contributed by atoms with Crippen LogP contribution in [0.25, 0.3) is 0 Å². The van der Waals surface area contributed by atoms with E-state index in [1.165, 1.54) is 0 Å². The fourth-order valence-corrected chi connectivity index (χ4v) is 3.52. The average molecular weight is 268 g/mol. The average Bonchev–Trinajstić information content (AvgIpc) is 2.85. The maximum Gasteiger partial charge on any atom is 0.224 e. The third kappa shape index (κ3) is 3.29. The zero-order chi connectivity index (χ0) is 13.9. The third-order valence-corrected chi connectivity index (χ3v) is 5.03. The van der Waals surface area contributed by atoms with E-state index in [0.717, 1.165) is 51.6 Å². The van der Waals surface area contributed by atoms with Gasteiger partial charge in [0.25, 0.3) is 0 Å². The molecule has 2 fully saturated rings. The first-order valence-corrected chi connectivity index (χ1v) is 7.80. The molecule has 3 N–H and O–H groups in total. The summed E-state index contributed by atoms with van der Waals surface area (Å²) >= 11 is 0. The smallest absolute Gasteiger partial charge is 0.224 e. The Morgan fingerprint density at radius 2 is 2.05 bits per heavy atom. The van der Waals surface area contributed by atoms with E-state index in [1.54, 1.807) is 0 Å². The van der Waals surface area contributed by atoms with E-state index in [-0.39, 0.29) is 29.5 Å². The fraction of sp³-hybridized carbons (Fsp3) is 0.933. The minimum Gasteiger partial charge on any atom is -0.375 e. The predicted octanol–water partition coefficient (Wildman–Crippen LogP) is 1.97. The Morgan fingerprint density at radius 3 is 2.63 bits per heavy atom. The summed E-state index contributed by atoms with van der Waals surface area (Å²) in [5, 5.41) is 3.22. The molecule has 3 atom stereocenters. The quantitative estimate of drug-likeness (QED) is 0.819. The molecule has 1 aliphatic carbocycles. The van der Waals surface area contributed by atoms with Gasteiger partial charge in [0.05, 0.1) is 11.5 Å². The number of nitrogens with two attached hydrogens (primary N) is 1. The normalized spacial score (nSPS) is 34.2. The van der Waals surface area contributed by atoms with Crippen LogP contribution < -0.4 is 11.1 Å². The Balaban J connectivity index is 1.90. The highest BCUT2D eigenvalue weighted by Gasteiger charge is 2.37. The summed E-state index contributed by atoms with van der Waals surface area (Å²) in [4.78, 5) is 12.3. The van der Waals surface area contributed by atoms with Crippen LogP contribution in [-0.2, 0) is 9.53 Å². The summed E-state index contributed by atoms with van der Waals surface area (Å²) in [7, 11) is 0. The molecule has 19 heavy (non-hydrogen) atoms. The lowest BCUT2D eigenvalue weighted by molar-refractivity contribution is -0.129. The summed E-state index contributed by atoms with van der Waals surface area (Å²) in [6, 6.07) is 0.316. The summed E-state index contributed by atoms with van der Waals surface area (Å²) < 4.78 is 5.95. The van der Waals surface area contributed by atoms with Gasteiger partial charge in [0.2, 0.25) is 5.91 Å². The molecule has 110 valence electrons. The van der Waals surface area contributed by atoms with Crippen molar-refractivity contribution < 1.29 is 9.53 Å². The first-order chi connectivity index (χ1) is 9.10. The second-order valence-corrected chi connectivity index (χ2v) is 6.14. The zero-order valence-corrected chi connectivity index (χ0v) is 12.3. The van der Waals surface area contributed by atoms with Crippen molar-refractivity contribution in [2.24, 2.45) is 11.7 Å². The summed E-state index contributed by atoms with van der Waals surface area (Å²) in [5.74, 6) is 0.193. The lowest BCUT2D eigenvalue weighted by Crippen LogP contribution is -2.50. The maximum atomic E-state index is 12.3. The summed E-state index contributed by atoms with van der Waals surface area (Å²) in [6.07, 6.45) is 6.91. The molecule has 4 nitrogen and oxygen atoms in total. The minimum atomic E-state index is -0.0337. The molecule has 0 aromatic heterocycles. The van der Waals surface area contributed by atoms with Crippen molar-refractivity contribution in [2.45, 2.75) is 76.5 Å². The fourth-order valence-electron chi connectivity index (χ4n) is 3.52. The van der Waals surface area contributed by atoms with Gasteiger partial charge in [-0.3, -0.25) is 4.79 Å². The Bertz CT molecular complexity index is 315. The molecule has 4 heteroatoms. The Labute approximate surface area is 116 Å². The molecule has 0 bridgehead atoms. The highest BCUT2D eigenvalue weighted by Crippen LogP contribution is 2.32. The topological polar surface area (TPSA) is 64.4 Å². The van der Waals surface area contributed by atoms with Crippen LogP contribution in [0.5, 0.6) is 0 Å². The molecule has 0 aromatic rings. The highest BCUT2D eigenvalue weighted by atomic mass is 16.5. The second-order valence-electron chi connectivity index (χ2n) is 6.14. The van der Waals surface area contributed by atoms with Crippen molar-refractivity contribution in [2.75, 3.05) is 6.61 Å². The van der Waals surface area contributed by atoms with Crippen molar-refractivity contribution >= 4 is 5.91 Å². The van der Waals surface area contributed by atoms with E-state index in [1.807, 2.05) is 0 Å². The SMILES string of the molecule is CCC1(CC)CC(NC(=O)C2CCCC2N)CCO1. The van der Waals surface area contributed by atoms with Gasteiger partial charge in [0.1, 0.15) is 0 Å². The van der Waals surface area contributed by atoms with Crippen molar-refractivity contribution in [1.82, 2.24) is 5.32 Å². The molecule has 1 amide bonds. The molecule has 0 spiro atoms. The molecule has 1 aliphatic heterocycles. The standard InChI is InChI=1S/C15H28N2O2/c1-3-15(4-2)10-11(8-9-19-15)17-14(18)12-6-5-7-13(12)16/h11-13H,3-10,16H2,1-2H3,(H,17,18). The van der Waals surface area contributed by atoms with Crippen LogP contribution in [0.2, 0.25) is 0 Å². The lowest BCUT2D eigenvalue weighted by Gasteiger charge is -2.40. The van der Waals surface area contributed by atoms with Gasteiger partial charge in [-0.1, -0.05) is 20.3 Å². The number of carbonyl (C=O) groups is 1. The number of carbonyl (C=O) groups excluding carboxylic acids is 1. The van der Waals surface area contributed by atoms with Gasteiger partial charge in [-0.15, -0.1) is 0 Å². The number of rotatable bonds is 4. The van der Waals surface area contributed by atoms with E-state index in [2.05, 4.69) is 19.2 Å². The molecule has 0 radical (unpaired) electrons. The summed E-state index contributed by atoms with van der Waals surface area (Å²) in [5.41, 5.74) is 5.97. The van der Waals surface area contributed by atoms with Crippen molar-refractivity contribution in [3.8, 4) is 0 Å². The summed E-state index contributed by atoms with van der Waals surface area (Å²) in [6.45, 7) is 5.09. The number of hydrogen-bond donors (Lipinski definition) is 2. The van der Waals surface area contributed by atoms with E-state index in [9.17, 15) is 4.79 Å². The molecular formula is C15H28N2O2. The van der Waals surface area contributed by atoms with Crippen LogP contribution in [0.1, 0.15) is 58.8 Å². The first-order valence-electron chi connectivity index (χ1n) is 7.80. The molecule has 2 aliphatic rings. The Kier molecular flexibility index (Phi) is 4.85. The Hall–Kier alpha value is -0.610. The highest BCUT2D eigenvalue weighted by molar-refractivity contribution is 5.80. The second kappa shape index (κ2) is 6.23. The van der Waals surface area contributed by atoms with Crippen LogP contribution in [0, 0.1) is 5.92 Å². The lowest BCUT2D eigenvalue weighted by atomic mass is 9.85. The van der Waals surface area contributed by atoms with E-state index in [4.69, 9.17) is 10.5 Å². The molecule has 1 heterocycles. The number of amides is 1. The van der Waals surface area contributed by atoms with Gasteiger partial charge < -0.3 is 15.8 Å². The monoisotopic (exact) mass is 268 g/mol. The molecule has 1 saturated heterocycles. The van der Waals surface area contributed by atoms with Crippen LogP contribution in [-0.4, -0.2) is 30.2 Å². The van der Waals surface area contributed by atoms with Crippen molar-refractivity contribution in [3.63, 3.8) is 0 Å². The van der Waals surface area contributed by atoms with E-state index >= 15 is 0 Å². The van der Waals surface area contributed by atoms with Crippen LogP contribution in [0.15, 0.2) is 0 Å². The van der Waals surface area contributed by atoms with Gasteiger partial charge in [0, 0.05) is 18.7 Å². The van der Waals surface area contributed by atoms with Crippen LogP contribution >= 0.6 is 0 Å². The van der Waals surface area contributed by atoms with Gasteiger partial charge in [0.15, 0.2) is 0 Å². The first kappa shape index (κ1) is 14.8.